The van der Waals surface area contributed by atoms with Crippen LogP contribution in [0.1, 0.15) is 44.0 Å². The first-order chi connectivity index (χ1) is 8.04. The van der Waals surface area contributed by atoms with E-state index in [1.165, 1.54) is 5.69 Å². The minimum absolute atomic E-state index is 0.295. The van der Waals surface area contributed by atoms with Crippen LogP contribution in [0.15, 0.2) is 18.3 Å². The molecule has 2 aromatic rings. The zero-order chi connectivity index (χ0) is 12.6. The Bertz CT molecular complexity index is 531. The third kappa shape index (κ3) is 2.17. The molecule has 0 aliphatic heterocycles. The van der Waals surface area contributed by atoms with Crippen molar-refractivity contribution >= 4 is 17.2 Å². The average Bonchev–Trinajstić information content (AvgIpc) is 2.66. The molecule has 0 fully saturated rings. The minimum atomic E-state index is 0.295. The van der Waals surface area contributed by atoms with E-state index in [0.29, 0.717) is 23.4 Å². The number of hydrogen-bond acceptors (Lipinski definition) is 2. The van der Waals surface area contributed by atoms with Crippen LogP contribution in [0, 0.1) is 0 Å². The Morgan fingerprint density at radius 3 is 2.71 bits per heavy atom. The minimum Gasteiger partial charge on any atom is -0.330 e. The van der Waals surface area contributed by atoms with Crippen LogP contribution in [-0.2, 0) is 0 Å². The first kappa shape index (κ1) is 12.4. The molecule has 0 bridgehead atoms. The highest BCUT2D eigenvalue weighted by atomic mass is 35.5. The molecule has 2 N–H and O–H groups in total. The van der Waals surface area contributed by atoms with E-state index in [1.54, 1.807) is 0 Å². The summed E-state index contributed by atoms with van der Waals surface area (Å²) in [7, 11) is 0. The van der Waals surface area contributed by atoms with Gasteiger partial charge in [-0.2, -0.15) is 0 Å². The van der Waals surface area contributed by atoms with Gasteiger partial charge in [-0.15, -0.1) is 0 Å². The van der Waals surface area contributed by atoms with Crippen LogP contribution in [0.2, 0.25) is 5.02 Å². The number of rotatable bonds is 3. The number of pyridine rings is 1. The molecule has 92 valence electrons. The second-order valence-electron chi connectivity index (χ2n) is 4.75. The highest BCUT2D eigenvalue weighted by Crippen LogP contribution is 2.27. The maximum Gasteiger partial charge on any atom is 0.138 e. The van der Waals surface area contributed by atoms with Gasteiger partial charge in [-0.3, -0.25) is 0 Å². The maximum atomic E-state index is 6.00. The predicted molar refractivity (Wildman–Crippen MR) is 71.8 cm³/mol. The van der Waals surface area contributed by atoms with E-state index < -0.39 is 0 Å². The number of nitrogens with zero attached hydrogens (tertiary/aromatic N) is 2. The predicted octanol–water partition coefficient (Wildman–Crippen LogP) is 3.17. The van der Waals surface area contributed by atoms with Gasteiger partial charge in [0.25, 0.3) is 0 Å². The molecular formula is C13H18ClN3. The fourth-order valence-corrected chi connectivity index (χ4v) is 2.24. The van der Waals surface area contributed by atoms with Crippen molar-refractivity contribution in [2.45, 2.75) is 32.6 Å². The highest BCUT2D eigenvalue weighted by Gasteiger charge is 2.19. The molecule has 0 saturated heterocycles. The molecule has 0 radical (unpaired) electrons. The summed E-state index contributed by atoms with van der Waals surface area (Å²) in [4.78, 5) is 4.66. The second kappa shape index (κ2) is 4.67. The van der Waals surface area contributed by atoms with Crippen LogP contribution in [0.4, 0.5) is 0 Å². The number of fused-ring (bicyclic) bond motifs is 1. The van der Waals surface area contributed by atoms with Gasteiger partial charge in [0.1, 0.15) is 5.65 Å². The van der Waals surface area contributed by atoms with Gasteiger partial charge in [-0.05, 0) is 12.0 Å². The third-order valence-electron chi connectivity index (χ3n) is 3.02. The lowest BCUT2D eigenvalue weighted by molar-refractivity contribution is 0.702. The Morgan fingerprint density at radius 2 is 2.12 bits per heavy atom. The van der Waals surface area contributed by atoms with Gasteiger partial charge in [0.15, 0.2) is 0 Å². The molecule has 0 aliphatic carbocycles. The lowest BCUT2D eigenvalue weighted by atomic mass is 10.00. The van der Waals surface area contributed by atoms with Gasteiger partial charge in [0.05, 0.1) is 5.69 Å². The average molecular weight is 252 g/mol. The molecule has 17 heavy (non-hydrogen) atoms. The van der Waals surface area contributed by atoms with Gasteiger partial charge in [-0.25, -0.2) is 4.98 Å². The monoisotopic (exact) mass is 251 g/mol. The quantitative estimate of drug-likeness (QED) is 0.911. The van der Waals surface area contributed by atoms with Crippen LogP contribution in [0.3, 0.4) is 0 Å². The molecular weight excluding hydrogens is 234 g/mol. The summed E-state index contributed by atoms with van der Waals surface area (Å²) < 4.78 is 2.10. The second-order valence-corrected chi connectivity index (χ2v) is 5.18. The zero-order valence-electron chi connectivity index (χ0n) is 10.4. The van der Waals surface area contributed by atoms with Crippen molar-refractivity contribution in [2.24, 2.45) is 5.73 Å². The first-order valence-corrected chi connectivity index (χ1v) is 6.29. The first-order valence-electron chi connectivity index (χ1n) is 5.92. The molecule has 2 aromatic heterocycles. The normalized spacial score (nSPS) is 13.5. The fourth-order valence-electron chi connectivity index (χ4n) is 2.08. The van der Waals surface area contributed by atoms with E-state index in [-0.39, 0.29) is 0 Å². The lowest BCUT2D eigenvalue weighted by Gasteiger charge is -2.12. The molecule has 0 aromatic carbocycles. The summed E-state index contributed by atoms with van der Waals surface area (Å²) in [6, 6.07) is 3.77. The summed E-state index contributed by atoms with van der Waals surface area (Å²) in [6.07, 6.45) is 1.97. The Morgan fingerprint density at radius 1 is 1.41 bits per heavy atom. The van der Waals surface area contributed by atoms with Gasteiger partial charge < -0.3 is 10.1 Å². The molecule has 1 unspecified atom stereocenters. The number of hydrogen-bond donors (Lipinski definition) is 1. The van der Waals surface area contributed by atoms with Crippen molar-refractivity contribution in [3.05, 3.63) is 34.7 Å². The summed E-state index contributed by atoms with van der Waals surface area (Å²) in [5.41, 5.74) is 9.00. The Labute approximate surface area is 107 Å². The highest BCUT2D eigenvalue weighted by molar-refractivity contribution is 6.30. The number of halogens is 1. The summed E-state index contributed by atoms with van der Waals surface area (Å²) in [6.45, 7) is 7.05. The van der Waals surface area contributed by atoms with Gasteiger partial charge >= 0.3 is 0 Å². The zero-order valence-corrected chi connectivity index (χ0v) is 11.2. The molecule has 0 spiro atoms. The van der Waals surface area contributed by atoms with Gasteiger partial charge in [0, 0.05) is 35.4 Å². The Hall–Kier alpha value is -1.06. The molecule has 3 nitrogen and oxygen atoms in total. The van der Waals surface area contributed by atoms with E-state index in [1.807, 2.05) is 18.3 Å². The molecule has 2 rings (SSSR count). The van der Waals surface area contributed by atoms with E-state index in [4.69, 9.17) is 17.3 Å². The standard InChI is InChI=1S/C13H18ClN3/c1-8(2)12-13(9(3)7-15)17-5-4-10(14)6-11(17)16-12/h4-6,8-9H,7,15H2,1-3H3. The summed E-state index contributed by atoms with van der Waals surface area (Å²) >= 11 is 6.00. The molecule has 2 heterocycles. The smallest absolute Gasteiger partial charge is 0.138 e. The molecule has 0 saturated carbocycles. The van der Waals surface area contributed by atoms with E-state index >= 15 is 0 Å². The van der Waals surface area contributed by atoms with Crippen molar-refractivity contribution in [3.8, 4) is 0 Å². The van der Waals surface area contributed by atoms with E-state index in [2.05, 4.69) is 30.2 Å². The van der Waals surface area contributed by atoms with Gasteiger partial charge in [0.2, 0.25) is 0 Å². The van der Waals surface area contributed by atoms with Crippen LogP contribution in [0.25, 0.3) is 5.65 Å². The van der Waals surface area contributed by atoms with Crippen LogP contribution in [0.5, 0.6) is 0 Å². The topological polar surface area (TPSA) is 43.3 Å². The molecule has 0 amide bonds. The number of aromatic nitrogens is 2. The third-order valence-corrected chi connectivity index (χ3v) is 3.26. The van der Waals surface area contributed by atoms with Crippen LogP contribution in [-0.4, -0.2) is 15.9 Å². The largest absolute Gasteiger partial charge is 0.330 e. The lowest BCUT2D eigenvalue weighted by Crippen LogP contribution is -2.13. The van der Waals surface area contributed by atoms with E-state index in [0.717, 1.165) is 11.3 Å². The van der Waals surface area contributed by atoms with Crippen molar-refractivity contribution < 1.29 is 0 Å². The van der Waals surface area contributed by atoms with Crippen molar-refractivity contribution in [1.29, 1.82) is 0 Å². The maximum absolute atomic E-state index is 6.00. The Kier molecular flexibility index (Phi) is 3.40. The van der Waals surface area contributed by atoms with Crippen molar-refractivity contribution in [1.82, 2.24) is 9.38 Å². The molecule has 1 atom stereocenters. The van der Waals surface area contributed by atoms with Gasteiger partial charge in [-0.1, -0.05) is 32.4 Å². The summed E-state index contributed by atoms with van der Waals surface area (Å²) in [5, 5.41) is 0.713. The molecule has 4 heteroatoms. The SMILES string of the molecule is CC(C)c1nc2cc(Cl)ccn2c1C(C)CN. The summed E-state index contributed by atoms with van der Waals surface area (Å²) in [5.74, 6) is 0.682. The molecule has 0 aliphatic rings. The van der Waals surface area contributed by atoms with Crippen molar-refractivity contribution in [2.75, 3.05) is 6.54 Å². The Balaban J connectivity index is 2.71. The number of imidazole rings is 1. The van der Waals surface area contributed by atoms with Crippen LogP contribution >= 0.6 is 11.6 Å². The number of nitrogens with two attached hydrogens (primary N) is 1. The van der Waals surface area contributed by atoms with Crippen molar-refractivity contribution in [3.63, 3.8) is 0 Å². The fraction of sp³-hybridized carbons (Fsp3) is 0.462. The van der Waals surface area contributed by atoms with Crippen LogP contribution < -0.4 is 5.73 Å². The van der Waals surface area contributed by atoms with E-state index in [9.17, 15) is 0 Å².